The highest BCUT2D eigenvalue weighted by Crippen LogP contribution is 2.19. The number of hydrogen-bond acceptors (Lipinski definition) is 2. The summed E-state index contributed by atoms with van der Waals surface area (Å²) in [6, 6.07) is 2.39. The van der Waals surface area contributed by atoms with Crippen LogP contribution in [0.5, 0.6) is 0 Å². The molecule has 0 saturated carbocycles. The SMILES string of the molecule is CN(CCCCCCl)S(=O)(=O)c1cc(F)ccc1F. The van der Waals surface area contributed by atoms with Crippen LogP contribution in [0.25, 0.3) is 0 Å². The Morgan fingerprint density at radius 3 is 2.53 bits per heavy atom. The largest absolute Gasteiger partial charge is 0.245 e. The third-order valence-corrected chi connectivity index (χ3v) is 4.83. The lowest BCUT2D eigenvalue weighted by Gasteiger charge is -2.17. The molecule has 0 aliphatic carbocycles. The lowest BCUT2D eigenvalue weighted by molar-refractivity contribution is 0.448. The number of benzene rings is 1. The van der Waals surface area contributed by atoms with Gasteiger partial charge in [0.15, 0.2) is 0 Å². The van der Waals surface area contributed by atoms with Gasteiger partial charge >= 0.3 is 0 Å². The van der Waals surface area contributed by atoms with E-state index in [4.69, 9.17) is 11.6 Å². The highest BCUT2D eigenvalue weighted by atomic mass is 35.5. The number of halogens is 3. The van der Waals surface area contributed by atoms with Crippen LogP contribution < -0.4 is 0 Å². The van der Waals surface area contributed by atoms with Gasteiger partial charge in [0, 0.05) is 19.5 Å². The molecule has 0 amide bonds. The number of unbranched alkanes of at least 4 members (excludes halogenated alkanes) is 2. The van der Waals surface area contributed by atoms with Crippen molar-refractivity contribution in [2.24, 2.45) is 0 Å². The van der Waals surface area contributed by atoms with Crippen LogP contribution in [0.15, 0.2) is 23.1 Å². The summed E-state index contributed by atoms with van der Waals surface area (Å²) in [5.41, 5.74) is 0. The molecule has 0 aliphatic rings. The molecule has 7 heteroatoms. The minimum absolute atomic E-state index is 0.245. The molecule has 3 nitrogen and oxygen atoms in total. The molecule has 0 fully saturated rings. The quantitative estimate of drug-likeness (QED) is 0.573. The Kier molecular flexibility index (Phi) is 6.16. The number of nitrogens with zero attached hydrogens (tertiary/aromatic N) is 1. The third-order valence-electron chi connectivity index (χ3n) is 2.69. The van der Waals surface area contributed by atoms with E-state index >= 15 is 0 Å². The molecular weight excluding hydrogens is 296 g/mol. The lowest BCUT2D eigenvalue weighted by Crippen LogP contribution is -2.28. The van der Waals surface area contributed by atoms with Gasteiger partial charge in [-0.05, 0) is 31.0 Å². The van der Waals surface area contributed by atoms with Crippen molar-refractivity contribution in [1.29, 1.82) is 0 Å². The Morgan fingerprint density at radius 2 is 1.89 bits per heavy atom. The fraction of sp³-hybridized carbons (Fsp3) is 0.500. The van der Waals surface area contributed by atoms with Gasteiger partial charge in [-0.3, -0.25) is 0 Å². The second-order valence-electron chi connectivity index (χ2n) is 4.15. The molecule has 0 unspecified atom stereocenters. The van der Waals surface area contributed by atoms with Gasteiger partial charge in [0.1, 0.15) is 16.5 Å². The zero-order valence-electron chi connectivity index (χ0n) is 10.6. The molecule has 0 radical (unpaired) electrons. The van der Waals surface area contributed by atoms with Gasteiger partial charge in [-0.15, -0.1) is 11.6 Å². The number of hydrogen-bond donors (Lipinski definition) is 0. The Bertz CT molecular complexity index is 522. The van der Waals surface area contributed by atoms with Crippen LogP contribution in [-0.4, -0.2) is 32.2 Å². The molecule has 1 aromatic rings. The van der Waals surface area contributed by atoms with Crippen molar-refractivity contribution < 1.29 is 17.2 Å². The van der Waals surface area contributed by atoms with E-state index in [1.165, 1.54) is 7.05 Å². The van der Waals surface area contributed by atoms with E-state index in [-0.39, 0.29) is 6.54 Å². The predicted octanol–water partition coefficient (Wildman–Crippen LogP) is 2.99. The topological polar surface area (TPSA) is 37.4 Å². The van der Waals surface area contributed by atoms with Crippen LogP contribution in [0.4, 0.5) is 8.78 Å². The van der Waals surface area contributed by atoms with Crippen LogP contribution in [0.3, 0.4) is 0 Å². The Morgan fingerprint density at radius 1 is 1.21 bits per heavy atom. The molecule has 0 heterocycles. The van der Waals surface area contributed by atoms with E-state index in [2.05, 4.69) is 0 Å². The first-order valence-electron chi connectivity index (χ1n) is 5.87. The van der Waals surface area contributed by atoms with Crippen molar-refractivity contribution in [2.45, 2.75) is 24.2 Å². The Balaban J connectivity index is 2.82. The molecule has 0 atom stereocenters. The van der Waals surface area contributed by atoms with E-state index < -0.39 is 26.6 Å². The number of alkyl halides is 1. The van der Waals surface area contributed by atoms with Gasteiger partial charge in [-0.25, -0.2) is 21.5 Å². The van der Waals surface area contributed by atoms with Crippen molar-refractivity contribution >= 4 is 21.6 Å². The van der Waals surface area contributed by atoms with Crippen LogP contribution in [-0.2, 0) is 10.0 Å². The van der Waals surface area contributed by atoms with Gasteiger partial charge in [0.25, 0.3) is 0 Å². The van der Waals surface area contributed by atoms with Gasteiger partial charge in [0.2, 0.25) is 10.0 Å². The highest BCUT2D eigenvalue weighted by Gasteiger charge is 2.24. The maximum Gasteiger partial charge on any atom is 0.245 e. The predicted molar refractivity (Wildman–Crippen MR) is 70.7 cm³/mol. The zero-order chi connectivity index (χ0) is 14.5. The van der Waals surface area contributed by atoms with Crippen molar-refractivity contribution in [3.05, 3.63) is 29.8 Å². The fourth-order valence-electron chi connectivity index (χ4n) is 1.57. The Labute approximate surface area is 117 Å². The molecule has 0 bridgehead atoms. The molecule has 1 rings (SSSR count). The summed E-state index contributed by atoms with van der Waals surface area (Å²) in [6.07, 6.45) is 2.21. The van der Waals surface area contributed by atoms with Crippen LogP contribution in [0.1, 0.15) is 19.3 Å². The summed E-state index contributed by atoms with van der Waals surface area (Å²) in [7, 11) is -2.65. The fourth-order valence-corrected chi connectivity index (χ4v) is 3.04. The summed E-state index contributed by atoms with van der Waals surface area (Å²) in [5.74, 6) is -1.21. The monoisotopic (exact) mass is 311 g/mol. The average molecular weight is 312 g/mol. The summed E-state index contributed by atoms with van der Waals surface area (Å²) in [5, 5.41) is 0. The second-order valence-corrected chi connectivity index (χ2v) is 6.54. The summed E-state index contributed by atoms with van der Waals surface area (Å²) >= 11 is 5.52. The van der Waals surface area contributed by atoms with Crippen LogP contribution >= 0.6 is 11.6 Å². The summed E-state index contributed by atoms with van der Waals surface area (Å²) < 4.78 is 51.7. The zero-order valence-corrected chi connectivity index (χ0v) is 12.1. The molecule has 0 aliphatic heterocycles. The molecular formula is C12H16ClF2NO2S. The molecule has 1 aromatic carbocycles. The normalized spacial score (nSPS) is 12.1. The maximum atomic E-state index is 13.5. The van der Waals surface area contributed by atoms with E-state index in [0.29, 0.717) is 18.4 Å². The van der Waals surface area contributed by atoms with E-state index in [9.17, 15) is 17.2 Å². The lowest BCUT2D eigenvalue weighted by atomic mass is 10.2. The smallest absolute Gasteiger partial charge is 0.207 e. The molecule has 0 aromatic heterocycles. The third kappa shape index (κ3) is 4.40. The molecule has 19 heavy (non-hydrogen) atoms. The maximum absolute atomic E-state index is 13.5. The van der Waals surface area contributed by atoms with E-state index in [1.54, 1.807) is 0 Å². The minimum Gasteiger partial charge on any atom is -0.207 e. The first kappa shape index (κ1) is 16.3. The van der Waals surface area contributed by atoms with Crippen LogP contribution in [0, 0.1) is 11.6 Å². The minimum atomic E-state index is -3.99. The first-order valence-corrected chi connectivity index (χ1v) is 7.84. The van der Waals surface area contributed by atoms with Gasteiger partial charge < -0.3 is 0 Å². The first-order chi connectivity index (χ1) is 8.89. The average Bonchev–Trinajstić information content (AvgIpc) is 2.37. The van der Waals surface area contributed by atoms with Crippen molar-refractivity contribution in [2.75, 3.05) is 19.5 Å². The van der Waals surface area contributed by atoms with Gasteiger partial charge in [0.05, 0.1) is 0 Å². The molecule has 108 valence electrons. The van der Waals surface area contributed by atoms with E-state index in [1.807, 2.05) is 0 Å². The second kappa shape index (κ2) is 7.17. The van der Waals surface area contributed by atoms with Gasteiger partial charge in [-0.1, -0.05) is 6.42 Å². The number of sulfonamides is 1. The molecule has 0 spiro atoms. The Hall–Kier alpha value is -0.720. The summed E-state index contributed by atoms with van der Waals surface area (Å²) in [6.45, 7) is 0.245. The van der Waals surface area contributed by atoms with Gasteiger partial charge in [-0.2, -0.15) is 0 Å². The van der Waals surface area contributed by atoms with Crippen molar-refractivity contribution in [3.8, 4) is 0 Å². The number of rotatable bonds is 7. The van der Waals surface area contributed by atoms with Crippen molar-refractivity contribution in [3.63, 3.8) is 0 Å². The molecule has 0 N–H and O–H groups in total. The van der Waals surface area contributed by atoms with Crippen LogP contribution in [0.2, 0.25) is 0 Å². The standard InChI is InChI=1S/C12H16ClF2NO2S/c1-16(8-4-2-3-7-13)19(17,18)12-9-10(14)5-6-11(12)15/h5-6,9H,2-4,7-8H2,1H3. The van der Waals surface area contributed by atoms with Crippen molar-refractivity contribution in [1.82, 2.24) is 4.31 Å². The highest BCUT2D eigenvalue weighted by molar-refractivity contribution is 7.89. The molecule has 0 saturated heterocycles. The summed E-state index contributed by atoms with van der Waals surface area (Å²) in [4.78, 5) is -0.632. The van der Waals surface area contributed by atoms with E-state index in [0.717, 1.165) is 29.3 Å².